The SMILES string of the molecule is FC(F)c1cc(Br)cnc1OCC1CC1. The van der Waals surface area contributed by atoms with Gasteiger partial charge in [-0.25, -0.2) is 13.8 Å². The summed E-state index contributed by atoms with van der Waals surface area (Å²) in [7, 11) is 0. The monoisotopic (exact) mass is 277 g/mol. The van der Waals surface area contributed by atoms with Crippen LogP contribution in [0.3, 0.4) is 0 Å². The topological polar surface area (TPSA) is 22.1 Å². The molecule has 0 bridgehead atoms. The van der Waals surface area contributed by atoms with Crippen LogP contribution in [0.4, 0.5) is 8.78 Å². The van der Waals surface area contributed by atoms with Crippen molar-refractivity contribution >= 4 is 15.9 Å². The Labute approximate surface area is 94.8 Å². The zero-order chi connectivity index (χ0) is 10.8. The van der Waals surface area contributed by atoms with Crippen molar-refractivity contribution in [3.05, 3.63) is 22.3 Å². The molecule has 0 N–H and O–H groups in total. The number of pyridine rings is 1. The van der Waals surface area contributed by atoms with E-state index in [0.717, 1.165) is 12.8 Å². The highest BCUT2D eigenvalue weighted by molar-refractivity contribution is 9.10. The van der Waals surface area contributed by atoms with Crippen molar-refractivity contribution in [1.82, 2.24) is 4.98 Å². The van der Waals surface area contributed by atoms with Gasteiger partial charge in [-0.05, 0) is 40.8 Å². The predicted molar refractivity (Wildman–Crippen MR) is 55.1 cm³/mol. The molecule has 0 amide bonds. The van der Waals surface area contributed by atoms with Crippen LogP contribution in [0.1, 0.15) is 24.8 Å². The zero-order valence-corrected chi connectivity index (χ0v) is 9.51. The molecule has 1 aliphatic rings. The smallest absolute Gasteiger partial charge is 0.269 e. The van der Waals surface area contributed by atoms with Crippen LogP contribution in [0.15, 0.2) is 16.7 Å². The molecular weight excluding hydrogens is 268 g/mol. The number of ether oxygens (including phenoxy) is 1. The van der Waals surface area contributed by atoms with Gasteiger partial charge in [0.1, 0.15) is 0 Å². The molecule has 0 aliphatic heterocycles. The van der Waals surface area contributed by atoms with Crippen molar-refractivity contribution in [2.45, 2.75) is 19.3 Å². The van der Waals surface area contributed by atoms with Crippen LogP contribution in [-0.2, 0) is 0 Å². The minimum absolute atomic E-state index is 0.0556. The molecule has 1 aliphatic carbocycles. The maximum Gasteiger partial charge on any atom is 0.269 e. The highest BCUT2D eigenvalue weighted by atomic mass is 79.9. The van der Waals surface area contributed by atoms with Crippen molar-refractivity contribution in [2.24, 2.45) is 5.92 Å². The van der Waals surface area contributed by atoms with Gasteiger partial charge in [-0.2, -0.15) is 0 Å². The van der Waals surface area contributed by atoms with Crippen LogP contribution in [0.2, 0.25) is 0 Å². The van der Waals surface area contributed by atoms with Crippen LogP contribution < -0.4 is 4.74 Å². The van der Waals surface area contributed by atoms with Gasteiger partial charge in [0, 0.05) is 10.7 Å². The average Bonchev–Trinajstić information content (AvgIpc) is 2.99. The van der Waals surface area contributed by atoms with E-state index < -0.39 is 6.43 Å². The van der Waals surface area contributed by atoms with Gasteiger partial charge in [-0.3, -0.25) is 0 Å². The van der Waals surface area contributed by atoms with Gasteiger partial charge in [0.15, 0.2) is 0 Å². The molecular formula is C10H10BrF2NO. The highest BCUT2D eigenvalue weighted by Gasteiger charge is 2.24. The molecule has 1 heterocycles. The third kappa shape index (κ3) is 2.87. The van der Waals surface area contributed by atoms with Crippen LogP contribution in [-0.4, -0.2) is 11.6 Å². The molecule has 5 heteroatoms. The summed E-state index contributed by atoms with van der Waals surface area (Å²) in [6, 6.07) is 1.35. The number of rotatable bonds is 4. The second kappa shape index (κ2) is 4.43. The fourth-order valence-corrected chi connectivity index (χ4v) is 1.55. The summed E-state index contributed by atoms with van der Waals surface area (Å²) in [6.07, 6.45) is 1.17. The minimum Gasteiger partial charge on any atom is -0.477 e. The van der Waals surface area contributed by atoms with Crippen molar-refractivity contribution < 1.29 is 13.5 Å². The lowest BCUT2D eigenvalue weighted by Gasteiger charge is -2.09. The lowest BCUT2D eigenvalue weighted by molar-refractivity contribution is 0.143. The second-order valence-corrected chi connectivity index (χ2v) is 4.52. The lowest BCUT2D eigenvalue weighted by atomic mass is 10.3. The highest BCUT2D eigenvalue weighted by Crippen LogP contribution is 2.33. The zero-order valence-electron chi connectivity index (χ0n) is 7.92. The first kappa shape index (κ1) is 10.8. The number of halogens is 3. The normalized spacial score (nSPS) is 15.7. The Morgan fingerprint density at radius 2 is 2.27 bits per heavy atom. The van der Waals surface area contributed by atoms with Gasteiger partial charge < -0.3 is 4.74 Å². The van der Waals surface area contributed by atoms with Gasteiger partial charge in [0.25, 0.3) is 6.43 Å². The molecule has 0 unspecified atom stereocenters. The molecule has 1 aromatic rings. The first-order valence-electron chi connectivity index (χ1n) is 4.73. The average molecular weight is 278 g/mol. The standard InChI is InChI=1S/C10H10BrF2NO/c11-7-3-8(9(12)13)10(14-4-7)15-5-6-1-2-6/h3-4,6,9H,1-2,5H2. The molecule has 0 saturated heterocycles. The number of hydrogen-bond donors (Lipinski definition) is 0. The number of hydrogen-bond acceptors (Lipinski definition) is 2. The Kier molecular flexibility index (Phi) is 3.19. The van der Waals surface area contributed by atoms with Gasteiger partial charge in [-0.1, -0.05) is 0 Å². The van der Waals surface area contributed by atoms with E-state index in [9.17, 15) is 8.78 Å². The summed E-state index contributed by atoms with van der Waals surface area (Å²) < 4.78 is 31.0. The molecule has 0 atom stereocenters. The van der Waals surface area contributed by atoms with E-state index in [-0.39, 0.29) is 11.4 Å². The third-order valence-corrected chi connectivity index (χ3v) is 2.67. The molecule has 0 radical (unpaired) electrons. The molecule has 1 saturated carbocycles. The van der Waals surface area contributed by atoms with E-state index in [1.54, 1.807) is 0 Å². The predicted octanol–water partition coefficient (Wildman–Crippen LogP) is 3.57. The first-order valence-corrected chi connectivity index (χ1v) is 5.52. The van der Waals surface area contributed by atoms with Crippen molar-refractivity contribution in [2.75, 3.05) is 6.61 Å². The Balaban J connectivity index is 2.12. The van der Waals surface area contributed by atoms with Gasteiger partial charge in [-0.15, -0.1) is 0 Å². The maximum absolute atomic E-state index is 12.6. The van der Waals surface area contributed by atoms with E-state index in [2.05, 4.69) is 20.9 Å². The molecule has 15 heavy (non-hydrogen) atoms. The lowest BCUT2D eigenvalue weighted by Crippen LogP contribution is -2.04. The van der Waals surface area contributed by atoms with E-state index in [1.165, 1.54) is 12.3 Å². The fraction of sp³-hybridized carbons (Fsp3) is 0.500. The van der Waals surface area contributed by atoms with Crippen LogP contribution in [0, 0.1) is 5.92 Å². The number of nitrogens with zero attached hydrogens (tertiary/aromatic N) is 1. The van der Waals surface area contributed by atoms with Crippen LogP contribution in [0.25, 0.3) is 0 Å². The quantitative estimate of drug-likeness (QED) is 0.840. The number of alkyl halides is 2. The molecule has 1 aromatic heterocycles. The second-order valence-electron chi connectivity index (χ2n) is 3.60. The summed E-state index contributed by atoms with van der Waals surface area (Å²) in [5.74, 6) is 0.584. The largest absolute Gasteiger partial charge is 0.477 e. The van der Waals surface area contributed by atoms with E-state index in [0.29, 0.717) is 17.0 Å². The van der Waals surface area contributed by atoms with Gasteiger partial charge in [0.05, 0.1) is 12.2 Å². The Morgan fingerprint density at radius 1 is 1.53 bits per heavy atom. The third-order valence-electron chi connectivity index (χ3n) is 2.23. The van der Waals surface area contributed by atoms with Gasteiger partial charge in [0.2, 0.25) is 5.88 Å². The Hall–Kier alpha value is -0.710. The maximum atomic E-state index is 12.6. The summed E-state index contributed by atoms with van der Waals surface area (Å²) in [5, 5.41) is 0. The summed E-state index contributed by atoms with van der Waals surface area (Å²) in [5.41, 5.74) is -0.148. The molecule has 82 valence electrons. The Bertz CT molecular complexity index is 355. The van der Waals surface area contributed by atoms with E-state index in [1.807, 2.05) is 0 Å². The summed E-state index contributed by atoms with van der Waals surface area (Å²) in [4.78, 5) is 3.85. The summed E-state index contributed by atoms with van der Waals surface area (Å²) in [6.45, 7) is 0.494. The molecule has 0 spiro atoms. The fourth-order valence-electron chi connectivity index (χ4n) is 1.20. The van der Waals surface area contributed by atoms with Gasteiger partial charge >= 0.3 is 0 Å². The van der Waals surface area contributed by atoms with Crippen LogP contribution in [0.5, 0.6) is 5.88 Å². The van der Waals surface area contributed by atoms with E-state index in [4.69, 9.17) is 4.74 Å². The van der Waals surface area contributed by atoms with E-state index >= 15 is 0 Å². The molecule has 1 fully saturated rings. The minimum atomic E-state index is -2.55. The van der Waals surface area contributed by atoms with Crippen molar-refractivity contribution in [1.29, 1.82) is 0 Å². The number of aromatic nitrogens is 1. The summed E-state index contributed by atoms with van der Waals surface area (Å²) >= 11 is 3.11. The van der Waals surface area contributed by atoms with Crippen LogP contribution >= 0.6 is 15.9 Å². The molecule has 0 aromatic carbocycles. The van der Waals surface area contributed by atoms with Crippen molar-refractivity contribution in [3.63, 3.8) is 0 Å². The van der Waals surface area contributed by atoms with Crippen molar-refractivity contribution in [3.8, 4) is 5.88 Å². The first-order chi connectivity index (χ1) is 7.16. The molecule has 2 nitrogen and oxygen atoms in total. The molecule has 2 rings (SSSR count). The Morgan fingerprint density at radius 3 is 2.87 bits per heavy atom.